The fourth-order valence-corrected chi connectivity index (χ4v) is 1.59. The molecule has 2 rings (SSSR count). The van der Waals surface area contributed by atoms with Crippen LogP contribution in [0.25, 0.3) is 0 Å². The Morgan fingerprint density at radius 2 is 2.38 bits per heavy atom. The van der Waals surface area contributed by atoms with Crippen LogP contribution in [0.5, 0.6) is 0 Å². The van der Waals surface area contributed by atoms with E-state index in [-0.39, 0.29) is 6.61 Å². The Hall–Kier alpha value is -1.43. The smallest absolute Gasteiger partial charge is 0.435 e. The van der Waals surface area contributed by atoms with Gasteiger partial charge in [0.25, 0.3) is 0 Å². The van der Waals surface area contributed by atoms with Crippen molar-refractivity contribution in [1.82, 2.24) is 9.88 Å². The Labute approximate surface area is 101 Å². The van der Waals surface area contributed by atoms with Crippen molar-refractivity contribution in [2.45, 2.75) is 6.54 Å². The molecular formula is C10H10BrN3O2. The average molecular weight is 284 g/mol. The first-order valence-electron chi connectivity index (χ1n) is 4.71. The average Bonchev–Trinajstić information content (AvgIpc) is 2.68. The molecule has 0 N–H and O–H groups in total. The van der Waals surface area contributed by atoms with E-state index in [1.165, 1.54) is 0 Å². The number of likely N-dealkylation sites (N-methyl/N-ethyl adjacent to an activating group) is 1. The molecule has 0 spiro atoms. The zero-order valence-corrected chi connectivity index (χ0v) is 10.3. The van der Waals surface area contributed by atoms with Crippen molar-refractivity contribution in [3.63, 3.8) is 0 Å². The van der Waals surface area contributed by atoms with Crippen molar-refractivity contribution in [3.05, 3.63) is 28.5 Å². The molecule has 5 nitrogen and oxygen atoms in total. The highest BCUT2D eigenvalue weighted by Crippen LogP contribution is 2.10. The number of hydrogen-bond acceptors (Lipinski definition) is 4. The number of carbonyl (C=O) groups is 1. The number of halogens is 1. The molecule has 0 fully saturated rings. The highest BCUT2D eigenvalue weighted by Gasteiger charge is 2.18. The van der Waals surface area contributed by atoms with Crippen LogP contribution in [0.15, 0.2) is 27.9 Å². The fourth-order valence-electron chi connectivity index (χ4n) is 1.36. The maximum atomic E-state index is 10.8. The minimum absolute atomic E-state index is 0.249. The highest BCUT2D eigenvalue weighted by atomic mass is 79.9. The molecular weight excluding hydrogens is 274 g/mol. The minimum atomic E-state index is -0.518. The zero-order valence-electron chi connectivity index (χ0n) is 8.68. The molecule has 16 heavy (non-hydrogen) atoms. The molecule has 1 aromatic rings. The molecule has 1 aliphatic heterocycles. The lowest BCUT2D eigenvalue weighted by molar-refractivity contribution is 0.180. The third kappa shape index (κ3) is 2.57. The predicted molar refractivity (Wildman–Crippen MR) is 62.2 cm³/mol. The number of amidine groups is 1. The molecule has 84 valence electrons. The van der Waals surface area contributed by atoms with Gasteiger partial charge in [0.15, 0.2) is 12.4 Å². The summed E-state index contributed by atoms with van der Waals surface area (Å²) >= 11 is 3.27. The fraction of sp³-hybridized carbons (Fsp3) is 0.300. The zero-order chi connectivity index (χ0) is 11.5. The Morgan fingerprint density at radius 1 is 1.56 bits per heavy atom. The quantitative estimate of drug-likeness (QED) is 0.777. The van der Waals surface area contributed by atoms with E-state index in [4.69, 9.17) is 4.74 Å². The van der Waals surface area contributed by atoms with Crippen LogP contribution in [0.2, 0.25) is 0 Å². The molecule has 6 heteroatoms. The van der Waals surface area contributed by atoms with E-state index in [1.807, 2.05) is 24.1 Å². The summed E-state index contributed by atoms with van der Waals surface area (Å²) in [6.45, 7) is 0.898. The first-order chi connectivity index (χ1) is 7.65. The molecule has 0 atom stereocenters. The van der Waals surface area contributed by atoms with E-state index in [1.54, 1.807) is 6.20 Å². The Balaban J connectivity index is 2.02. The number of nitrogens with zero attached hydrogens (tertiary/aromatic N) is 3. The predicted octanol–water partition coefficient (Wildman–Crippen LogP) is 1.82. The number of ether oxygens (including phenoxy) is 1. The van der Waals surface area contributed by atoms with Gasteiger partial charge in [-0.3, -0.25) is 0 Å². The highest BCUT2D eigenvalue weighted by molar-refractivity contribution is 9.10. The largest absolute Gasteiger partial charge is 0.440 e. The number of aliphatic imine (C=N–C) groups is 1. The molecule has 0 saturated heterocycles. The first-order valence-corrected chi connectivity index (χ1v) is 5.50. The van der Waals surface area contributed by atoms with Crippen LogP contribution in [-0.2, 0) is 11.3 Å². The van der Waals surface area contributed by atoms with Crippen LogP contribution in [0.1, 0.15) is 5.56 Å². The minimum Gasteiger partial charge on any atom is -0.440 e. The molecule has 1 amide bonds. The second kappa shape index (κ2) is 4.61. The van der Waals surface area contributed by atoms with Crippen LogP contribution >= 0.6 is 15.9 Å². The molecule has 1 aromatic heterocycles. The van der Waals surface area contributed by atoms with E-state index >= 15 is 0 Å². The van der Waals surface area contributed by atoms with Crippen LogP contribution in [0, 0.1) is 0 Å². The monoisotopic (exact) mass is 283 g/mol. The van der Waals surface area contributed by atoms with Gasteiger partial charge in [-0.25, -0.2) is 9.78 Å². The molecule has 1 aliphatic rings. The molecule has 2 heterocycles. The number of amides is 1. The number of hydrogen-bond donors (Lipinski definition) is 0. The number of cyclic esters (lactones) is 1. The number of carbonyl (C=O) groups excluding carboxylic acids is 1. The summed E-state index contributed by atoms with van der Waals surface area (Å²) in [5.41, 5.74) is 1.05. The van der Waals surface area contributed by atoms with Gasteiger partial charge in [0.1, 0.15) is 4.60 Å². The van der Waals surface area contributed by atoms with Gasteiger partial charge in [-0.05, 0) is 27.6 Å². The summed E-state index contributed by atoms with van der Waals surface area (Å²) < 4.78 is 5.54. The summed E-state index contributed by atoms with van der Waals surface area (Å²) in [6.07, 6.45) is 1.26. The lowest BCUT2D eigenvalue weighted by Crippen LogP contribution is -2.27. The number of pyridine rings is 1. The Kier molecular flexibility index (Phi) is 3.19. The van der Waals surface area contributed by atoms with E-state index in [2.05, 4.69) is 25.9 Å². The van der Waals surface area contributed by atoms with Gasteiger partial charge in [-0.2, -0.15) is 4.99 Å². The maximum absolute atomic E-state index is 10.8. The third-order valence-corrected chi connectivity index (χ3v) is 2.66. The Morgan fingerprint density at radius 3 is 2.94 bits per heavy atom. The van der Waals surface area contributed by atoms with Crippen LogP contribution in [-0.4, -0.2) is 35.5 Å². The van der Waals surface area contributed by atoms with Crippen molar-refractivity contribution in [3.8, 4) is 0 Å². The van der Waals surface area contributed by atoms with Crippen molar-refractivity contribution in [1.29, 1.82) is 0 Å². The number of rotatable bonds is 2. The lowest BCUT2D eigenvalue weighted by atomic mass is 10.3. The van der Waals surface area contributed by atoms with Gasteiger partial charge in [-0.15, -0.1) is 0 Å². The van der Waals surface area contributed by atoms with Gasteiger partial charge in [0, 0.05) is 19.8 Å². The molecule has 0 aliphatic carbocycles. The van der Waals surface area contributed by atoms with Crippen LogP contribution in [0.4, 0.5) is 4.79 Å². The summed E-state index contributed by atoms with van der Waals surface area (Å²) in [4.78, 5) is 20.6. The molecule has 0 bridgehead atoms. The number of aromatic nitrogens is 1. The van der Waals surface area contributed by atoms with Crippen LogP contribution < -0.4 is 0 Å². The standard InChI is InChI=1S/C10H10BrN3O2/c1-14(9-6-16-10(15)13-9)5-7-2-3-8(11)12-4-7/h2-4H,5-6H2,1H3. The SMILES string of the molecule is CN(Cc1ccc(Br)nc1)C1=NC(=O)OC1. The van der Waals surface area contributed by atoms with Gasteiger partial charge < -0.3 is 9.64 Å². The Bertz CT molecular complexity index is 430. The second-order valence-electron chi connectivity index (χ2n) is 3.43. The normalized spacial score (nSPS) is 14.6. The summed E-state index contributed by atoms with van der Waals surface area (Å²) in [7, 11) is 1.86. The van der Waals surface area contributed by atoms with Crippen molar-refractivity contribution < 1.29 is 9.53 Å². The van der Waals surface area contributed by atoms with Gasteiger partial charge in [0.05, 0.1) is 0 Å². The lowest BCUT2D eigenvalue weighted by Gasteiger charge is -2.17. The summed E-state index contributed by atoms with van der Waals surface area (Å²) in [5.74, 6) is 0.646. The van der Waals surface area contributed by atoms with Crippen molar-refractivity contribution in [2.75, 3.05) is 13.7 Å². The topological polar surface area (TPSA) is 54.8 Å². The maximum Gasteiger partial charge on any atom is 0.435 e. The second-order valence-corrected chi connectivity index (χ2v) is 4.24. The molecule has 0 unspecified atom stereocenters. The van der Waals surface area contributed by atoms with Gasteiger partial charge in [0.2, 0.25) is 0 Å². The van der Waals surface area contributed by atoms with Crippen molar-refractivity contribution >= 4 is 27.9 Å². The molecule has 0 radical (unpaired) electrons. The van der Waals surface area contributed by atoms with Gasteiger partial charge >= 0.3 is 6.09 Å². The van der Waals surface area contributed by atoms with Crippen molar-refractivity contribution in [2.24, 2.45) is 4.99 Å². The van der Waals surface area contributed by atoms with Gasteiger partial charge in [-0.1, -0.05) is 6.07 Å². The molecule has 0 aromatic carbocycles. The summed E-state index contributed by atoms with van der Waals surface area (Å²) in [5, 5.41) is 0. The van der Waals surface area contributed by atoms with E-state index in [9.17, 15) is 4.79 Å². The van der Waals surface area contributed by atoms with E-state index in [0.717, 1.165) is 10.2 Å². The summed E-state index contributed by atoms with van der Waals surface area (Å²) in [6, 6.07) is 3.84. The van der Waals surface area contributed by atoms with E-state index < -0.39 is 6.09 Å². The molecule has 0 saturated carbocycles. The first kappa shape index (κ1) is 11.1. The third-order valence-electron chi connectivity index (χ3n) is 2.19. The van der Waals surface area contributed by atoms with Crippen LogP contribution in [0.3, 0.4) is 0 Å². The van der Waals surface area contributed by atoms with E-state index in [0.29, 0.717) is 12.4 Å².